The first-order valence-corrected chi connectivity index (χ1v) is 9.77. The van der Waals surface area contributed by atoms with Crippen LogP contribution in [0.15, 0.2) is 49.8 Å². The lowest BCUT2D eigenvalue weighted by Gasteiger charge is -2.12. The third-order valence-corrected chi connectivity index (χ3v) is 4.64. The van der Waals surface area contributed by atoms with Crippen molar-refractivity contribution in [1.29, 1.82) is 0 Å². The summed E-state index contributed by atoms with van der Waals surface area (Å²) in [6.45, 7) is 1.40. The SMILES string of the molecule is Cc1cc(Br)cc(Br)c1OCC(=O)NNC(=O)COc1ccc(Br)cc1. The molecule has 0 radical (unpaired) electrons. The zero-order valence-corrected chi connectivity index (χ0v) is 18.4. The minimum atomic E-state index is -0.490. The van der Waals surface area contributed by atoms with Crippen LogP contribution in [0.1, 0.15) is 5.56 Å². The number of carbonyl (C=O) groups is 2. The van der Waals surface area contributed by atoms with Crippen molar-refractivity contribution in [2.45, 2.75) is 6.92 Å². The first kappa shape index (κ1) is 20.7. The molecule has 0 aliphatic carbocycles. The molecule has 0 saturated carbocycles. The number of halogens is 3. The van der Waals surface area contributed by atoms with Gasteiger partial charge < -0.3 is 9.47 Å². The second-order valence-electron chi connectivity index (χ2n) is 5.16. The van der Waals surface area contributed by atoms with Crippen molar-refractivity contribution in [3.8, 4) is 11.5 Å². The number of benzene rings is 2. The van der Waals surface area contributed by atoms with Crippen molar-refractivity contribution in [2.75, 3.05) is 13.2 Å². The molecule has 0 atom stereocenters. The van der Waals surface area contributed by atoms with Gasteiger partial charge in [-0.3, -0.25) is 20.4 Å². The normalized spacial score (nSPS) is 10.2. The van der Waals surface area contributed by atoms with Gasteiger partial charge >= 0.3 is 0 Å². The quantitative estimate of drug-likeness (QED) is 0.535. The van der Waals surface area contributed by atoms with Crippen LogP contribution in [0.25, 0.3) is 0 Å². The Kier molecular flexibility index (Phi) is 7.92. The Labute approximate surface area is 176 Å². The third kappa shape index (κ3) is 6.62. The Balaban J connectivity index is 1.73. The average Bonchev–Trinajstić information content (AvgIpc) is 2.58. The molecule has 9 heteroatoms. The van der Waals surface area contributed by atoms with Crippen LogP contribution in [-0.4, -0.2) is 25.0 Å². The van der Waals surface area contributed by atoms with Gasteiger partial charge in [-0.1, -0.05) is 31.9 Å². The number of hydrogen-bond donors (Lipinski definition) is 2. The van der Waals surface area contributed by atoms with Gasteiger partial charge in [0.1, 0.15) is 11.5 Å². The Morgan fingerprint density at radius 3 is 2.04 bits per heavy atom. The summed E-state index contributed by atoms with van der Waals surface area (Å²) < 4.78 is 13.3. The summed E-state index contributed by atoms with van der Waals surface area (Å²) in [6.07, 6.45) is 0. The largest absolute Gasteiger partial charge is 0.484 e. The Morgan fingerprint density at radius 1 is 0.885 bits per heavy atom. The predicted octanol–water partition coefficient (Wildman–Crippen LogP) is 3.89. The molecule has 2 N–H and O–H groups in total. The van der Waals surface area contributed by atoms with E-state index in [2.05, 4.69) is 58.6 Å². The molecule has 0 heterocycles. The van der Waals surface area contributed by atoms with Gasteiger partial charge in [0.15, 0.2) is 13.2 Å². The summed E-state index contributed by atoms with van der Waals surface area (Å²) in [6, 6.07) is 10.7. The van der Waals surface area contributed by atoms with Crippen LogP contribution in [0.2, 0.25) is 0 Å². The van der Waals surface area contributed by atoms with Gasteiger partial charge in [-0.05, 0) is 64.8 Å². The molecule has 2 rings (SSSR count). The fourth-order valence-corrected chi connectivity index (χ4v) is 3.72. The number of ether oxygens (including phenoxy) is 2. The molecule has 138 valence electrons. The third-order valence-electron chi connectivity index (χ3n) is 3.07. The predicted molar refractivity (Wildman–Crippen MR) is 108 cm³/mol. The Hall–Kier alpha value is -1.58. The van der Waals surface area contributed by atoms with Crippen LogP contribution in [-0.2, 0) is 9.59 Å². The lowest BCUT2D eigenvalue weighted by atomic mass is 10.2. The Morgan fingerprint density at radius 2 is 1.46 bits per heavy atom. The zero-order chi connectivity index (χ0) is 19.1. The molecule has 0 aliphatic heterocycles. The molecule has 0 aromatic heterocycles. The summed E-state index contributed by atoms with van der Waals surface area (Å²) in [5.41, 5.74) is 5.41. The van der Waals surface area contributed by atoms with Crippen molar-refractivity contribution >= 4 is 59.6 Å². The highest BCUT2D eigenvalue weighted by Crippen LogP contribution is 2.32. The van der Waals surface area contributed by atoms with Gasteiger partial charge in [0.25, 0.3) is 11.8 Å². The van der Waals surface area contributed by atoms with E-state index in [1.54, 1.807) is 24.3 Å². The number of amides is 2. The number of carbonyl (C=O) groups excluding carboxylic acids is 2. The Bertz CT molecular complexity index is 774. The van der Waals surface area contributed by atoms with Gasteiger partial charge in [-0.2, -0.15) is 0 Å². The molecule has 0 aliphatic rings. The van der Waals surface area contributed by atoms with Crippen molar-refractivity contribution in [3.63, 3.8) is 0 Å². The summed E-state index contributed by atoms with van der Waals surface area (Å²) in [7, 11) is 0. The highest BCUT2D eigenvalue weighted by atomic mass is 79.9. The molecule has 6 nitrogen and oxygen atoms in total. The van der Waals surface area contributed by atoms with Crippen LogP contribution >= 0.6 is 47.8 Å². The van der Waals surface area contributed by atoms with E-state index in [9.17, 15) is 9.59 Å². The van der Waals surface area contributed by atoms with Crippen LogP contribution in [0.4, 0.5) is 0 Å². The molecule has 2 aromatic rings. The van der Waals surface area contributed by atoms with Gasteiger partial charge in [0.05, 0.1) is 4.47 Å². The van der Waals surface area contributed by atoms with E-state index in [0.717, 1.165) is 19.0 Å². The van der Waals surface area contributed by atoms with E-state index in [-0.39, 0.29) is 13.2 Å². The molecule has 2 amide bonds. The molecular weight excluding hydrogens is 536 g/mol. The maximum absolute atomic E-state index is 11.8. The summed E-state index contributed by atoms with van der Waals surface area (Å²) in [5, 5.41) is 0. The summed E-state index contributed by atoms with van der Waals surface area (Å²) >= 11 is 10.1. The molecule has 2 aromatic carbocycles. The van der Waals surface area contributed by atoms with Crippen LogP contribution in [0.5, 0.6) is 11.5 Å². The summed E-state index contributed by atoms with van der Waals surface area (Å²) in [4.78, 5) is 23.5. The van der Waals surface area contributed by atoms with Gasteiger partial charge in [0.2, 0.25) is 0 Å². The van der Waals surface area contributed by atoms with Crippen molar-refractivity contribution in [1.82, 2.24) is 10.9 Å². The van der Waals surface area contributed by atoms with Gasteiger partial charge in [-0.15, -0.1) is 0 Å². The van der Waals surface area contributed by atoms with Crippen LogP contribution in [0, 0.1) is 6.92 Å². The van der Waals surface area contributed by atoms with Crippen LogP contribution < -0.4 is 20.3 Å². The first-order valence-electron chi connectivity index (χ1n) is 7.39. The molecule has 0 bridgehead atoms. The van der Waals surface area contributed by atoms with E-state index in [1.165, 1.54) is 0 Å². The molecule has 0 spiro atoms. The second-order valence-corrected chi connectivity index (χ2v) is 7.85. The zero-order valence-electron chi connectivity index (χ0n) is 13.6. The lowest BCUT2D eigenvalue weighted by Crippen LogP contribution is -2.45. The van der Waals surface area contributed by atoms with E-state index in [0.29, 0.717) is 11.5 Å². The van der Waals surface area contributed by atoms with Gasteiger partial charge in [0, 0.05) is 8.95 Å². The van der Waals surface area contributed by atoms with Crippen LogP contribution in [0.3, 0.4) is 0 Å². The molecular formula is C17H15Br3N2O4. The van der Waals surface area contributed by atoms with E-state index >= 15 is 0 Å². The highest BCUT2D eigenvalue weighted by molar-refractivity contribution is 9.11. The number of aryl methyl sites for hydroxylation is 1. The van der Waals surface area contributed by atoms with Crippen molar-refractivity contribution in [3.05, 3.63) is 55.4 Å². The minimum absolute atomic E-state index is 0.222. The van der Waals surface area contributed by atoms with Crippen molar-refractivity contribution < 1.29 is 19.1 Å². The number of nitrogens with one attached hydrogen (secondary N) is 2. The van der Waals surface area contributed by atoms with Gasteiger partial charge in [-0.25, -0.2) is 0 Å². The van der Waals surface area contributed by atoms with E-state index in [1.807, 2.05) is 19.1 Å². The fourth-order valence-electron chi connectivity index (χ4n) is 1.90. The molecule has 0 saturated heterocycles. The first-order chi connectivity index (χ1) is 12.3. The fraction of sp³-hybridized carbons (Fsp3) is 0.176. The molecule has 0 unspecified atom stereocenters. The van der Waals surface area contributed by atoms with Crippen molar-refractivity contribution in [2.24, 2.45) is 0 Å². The number of hydrazine groups is 1. The highest BCUT2D eigenvalue weighted by Gasteiger charge is 2.10. The smallest absolute Gasteiger partial charge is 0.276 e. The van der Waals surface area contributed by atoms with E-state index < -0.39 is 11.8 Å². The number of hydrogen-bond acceptors (Lipinski definition) is 4. The second kappa shape index (κ2) is 9.94. The topological polar surface area (TPSA) is 76.7 Å². The lowest BCUT2D eigenvalue weighted by molar-refractivity contribution is -0.131. The summed E-state index contributed by atoms with van der Waals surface area (Å²) in [5.74, 6) is 0.139. The molecule has 26 heavy (non-hydrogen) atoms. The number of rotatable bonds is 6. The maximum atomic E-state index is 11.8. The van der Waals surface area contributed by atoms with E-state index in [4.69, 9.17) is 9.47 Å². The monoisotopic (exact) mass is 548 g/mol. The molecule has 0 fully saturated rings. The maximum Gasteiger partial charge on any atom is 0.276 e. The average molecular weight is 551 g/mol. The standard InChI is InChI=1S/C17H15Br3N2O4/c1-10-6-12(19)7-14(20)17(10)26-9-16(24)22-21-15(23)8-25-13-4-2-11(18)3-5-13/h2-7H,8-9H2,1H3,(H,21,23)(H,22,24). The minimum Gasteiger partial charge on any atom is -0.484 e.